The highest BCUT2D eigenvalue weighted by atomic mass is 32.1. The average molecular weight is 781 g/mol. The molecule has 0 amide bonds. The maximum atomic E-state index is 11.5. The lowest BCUT2D eigenvalue weighted by Crippen LogP contribution is -2.13. The minimum atomic E-state index is -0.843. The van der Waals surface area contributed by atoms with Gasteiger partial charge in [-0.3, -0.25) is 0 Å². The molecule has 0 aliphatic heterocycles. The summed E-state index contributed by atoms with van der Waals surface area (Å²) in [6.45, 7) is 8.20. The number of aromatic nitrogens is 2. The summed E-state index contributed by atoms with van der Waals surface area (Å²) in [7, 11) is 2.66. The largest absolute Gasteiger partial charge is 0.477 e. The van der Waals surface area contributed by atoms with Crippen molar-refractivity contribution in [3.05, 3.63) is 129 Å². The maximum absolute atomic E-state index is 11.5. The second-order valence-electron chi connectivity index (χ2n) is 12.0. The van der Waals surface area contributed by atoms with Gasteiger partial charge in [-0.1, -0.05) is 66.3 Å². The van der Waals surface area contributed by atoms with Crippen LogP contribution in [0.5, 0.6) is 0 Å². The Balaban J connectivity index is 0.000000198. The molecule has 0 spiro atoms. The van der Waals surface area contributed by atoms with Crippen molar-refractivity contribution in [1.82, 2.24) is 10.1 Å². The van der Waals surface area contributed by atoms with E-state index in [0.29, 0.717) is 33.3 Å². The number of benzene rings is 4. The Hall–Kier alpha value is -6.38. The number of aryl methyl sites for hydroxylation is 4. The van der Waals surface area contributed by atoms with Gasteiger partial charge in [0.05, 0.1) is 30.2 Å². The summed E-state index contributed by atoms with van der Waals surface area (Å²) in [5, 5.41) is 26.4. The van der Waals surface area contributed by atoms with Gasteiger partial charge in [0.1, 0.15) is 4.88 Å². The molecule has 0 unspecified atom stereocenters. The first kappa shape index (κ1) is 41.4. The molecule has 55 heavy (non-hydrogen) atoms. The van der Waals surface area contributed by atoms with Gasteiger partial charge in [-0.05, 0) is 97.1 Å². The van der Waals surface area contributed by atoms with E-state index in [0.717, 1.165) is 31.7 Å². The van der Waals surface area contributed by atoms with Gasteiger partial charge in [-0.15, -0.1) is 22.7 Å². The Morgan fingerprint density at radius 1 is 0.709 bits per heavy atom. The molecule has 3 heterocycles. The minimum absolute atomic E-state index is 0. The predicted molar refractivity (Wildman–Crippen MR) is 217 cm³/mol. The number of hydrogen-bond acceptors (Lipinski definition) is 12. The van der Waals surface area contributed by atoms with E-state index in [1.807, 2.05) is 26.0 Å². The third kappa shape index (κ3) is 9.41. The van der Waals surface area contributed by atoms with Crippen LogP contribution in [0.15, 0.2) is 94.6 Å². The Morgan fingerprint density at radius 2 is 1.18 bits per heavy atom. The number of fused-ring (bicyclic) bond motifs is 2. The van der Waals surface area contributed by atoms with Gasteiger partial charge in [-0.2, -0.15) is 4.98 Å². The fourth-order valence-electron chi connectivity index (χ4n) is 5.26. The van der Waals surface area contributed by atoms with Crippen molar-refractivity contribution in [3.63, 3.8) is 0 Å². The molecule has 7 rings (SSSR count). The lowest BCUT2D eigenvalue weighted by atomic mass is 10.1. The van der Waals surface area contributed by atoms with E-state index in [9.17, 15) is 14.4 Å². The van der Waals surface area contributed by atoms with Crippen molar-refractivity contribution in [2.24, 2.45) is 10.9 Å². The molecule has 284 valence electrons. The number of carbonyl (C=O) groups is 3. The van der Waals surface area contributed by atoms with Crippen molar-refractivity contribution in [2.75, 3.05) is 14.2 Å². The van der Waals surface area contributed by atoms with Crippen molar-refractivity contribution >= 4 is 66.6 Å². The average Bonchev–Trinajstić information content (AvgIpc) is 3.98. The number of methoxy groups -OCH3 is 2. The van der Waals surface area contributed by atoms with Crippen LogP contribution in [0.2, 0.25) is 0 Å². The molecule has 0 bridgehead atoms. The number of nitrogens with two attached hydrogens (primary N) is 1. The number of carboxylic acids is 1. The summed E-state index contributed by atoms with van der Waals surface area (Å²) in [6.07, 6.45) is 0. The van der Waals surface area contributed by atoms with Crippen LogP contribution < -0.4 is 5.73 Å². The lowest BCUT2D eigenvalue weighted by molar-refractivity contribution is 0.0592. The van der Waals surface area contributed by atoms with E-state index in [4.69, 9.17) is 25.3 Å². The first-order valence-corrected chi connectivity index (χ1v) is 17.9. The van der Waals surface area contributed by atoms with E-state index in [2.05, 4.69) is 52.1 Å². The summed E-state index contributed by atoms with van der Waals surface area (Å²) in [4.78, 5) is 39.2. The molecule has 0 saturated heterocycles. The lowest BCUT2D eigenvalue weighted by Gasteiger charge is -2.00. The molecular weight excluding hydrogens is 741 g/mol. The normalized spacial score (nSPS) is 10.8. The number of hydrogen-bond donors (Lipinski definition) is 3. The zero-order chi connectivity index (χ0) is 39.1. The number of ether oxygens (including phenoxy) is 2. The van der Waals surface area contributed by atoms with Gasteiger partial charge in [0.2, 0.25) is 5.82 Å². The van der Waals surface area contributed by atoms with E-state index in [-0.39, 0.29) is 19.2 Å². The Morgan fingerprint density at radius 3 is 1.65 bits per heavy atom. The fourth-order valence-corrected chi connectivity index (χ4v) is 7.43. The third-order valence-corrected chi connectivity index (χ3v) is 10.8. The number of aromatic carboxylic acids is 1. The van der Waals surface area contributed by atoms with Crippen LogP contribution in [-0.4, -0.2) is 58.4 Å². The van der Waals surface area contributed by atoms with Crippen LogP contribution in [0.1, 0.15) is 65.6 Å². The van der Waals surface area contributed by atoms with Crippen molar-refractivity contribution in [2.45, 2.75) is 35.1 Å². The molecule has 0 atom stereocenters. The summed E-state index contributed by atoms with van der Waals surface area (Å²) < 4.78 is 17.0. The minimum Gasteiger partial charge on any atom is -0.477 e. The number of carbonyl (C=O) groups excluding carboxylic acids is 2. The first-order valence-electron chi connectivity index (χ1n) is 16.3. The van der Waals surface area contributed by atoms with Crippen LogP contribution in [0.4, 0.5) is 0 Å². The van der Waals surface area contributed by atoms with Gasteiger partial charge in [0, 0.05) is 20.5 Å². The Bertz CT molecular complexity index is 2420. The first-order chi connectivity index (χ1) is 25.8. The van der Waals surface area contributed by atoms with E-state index in [1.165, 1.54) is 46.8 Å². The standard InChI is InChI=1S/C20H16N2O3S.C11H10O2S.C9H10N2O3.CH4/c1-11-4-5-12(2)17-15(11)10-16(26-17)19-21-18(22-25-19)13-6-8-14(9-7-13)20(23)24-3;1-6-3-4-7(2)10-8(6)5-9(14-10)11(12)13;1-14-9(12)7-4-2-6(3-5-7)8(10)11-13;/h4-10H,1-3H3;3-5H,1-2H3,(H,12,13);2-5,13H,1H3,(H2,10,11);1H4. The molecule has 0 aliphatic carbocycles. The van der Waals surface area contributed by atoms with E-state index < -0.39 is 11.9 Å². The highest BCUT2D eigenvalue weighted by molar-refractivity contribution is 7.22. The number of amidine groups is 1. The van der Waals surface area contributed by atoms with Crippen LogP contribution in [-0.2, 0) is 9.47 Å². The molecule has 4 N–H and O–H groups in total. The third-order valence-electron chi connectivity index (χ3n) is 8.32. The van der Waals surface area contributed by atoms with Crippen molar-refractivity contribution in [1.29, 1.82) is 0 Å². The SMILES string of the molecule is C.COC(=O)c1ccc(-c2noc(-c3cc4c(C)ccc(C)c4s3)n2)cc1.COC(=O)c1ccc(/C(N)=N/O)cc1.Cc1ccc(C)c2sc(C(=O)O)cc12. The summed E-state index contributed by atoms with van der Waals surface area (Å²) in [5.41, 5.74) is 12.3. The van der Waals surface area contributed by atoms with Gasteiger partial charge in [-0.25, -0.2) is 14.4 Å². The highest BCUT2D eigenvalue weighted by Gasteiger charge is 2.16. The van der Waals surface area contributed by atoms with Crippen LogP contribution in [0, 0.1) is 27.7 Å². The molecule has 7 aromatic rings. The quantitative estimate of drug-likeness (QED) is 0.0479. The Kier molecular flexibility index (Phi) is 13.6. The molecule has 0 saturated carbocycles. The fraction of sp³-hybridized carbons (Fsp3) is 0.171. The van der Waals surface area contributed by atoms with Crippen LogP contribution in [0.25, 0.3) is 42.3 Å². The monoisotopic (exact) mass is 780 g/mol. The second kappa shape index (κ2) is 18.1. The van der Waals surface area contributed by atoms with Gasteiger partial charge >= 0.3 is 17.9 Å². The van der Waals surface area contributed by atoms with Gasteiger partial charge in [0.15, 0.2) is 5.84 Å². The Labute approximate surface area is 325 Å². The summed E-state index contributed by atoms with van der Waals surface area (Å²) in [6, 6.07) is 25.3. The molecule has 14 heteroatoms. The molecule has 4 aromatic carbocycles. The predicted octanol–water partition coefficient (Wildman–Crippen LogP) is 9.44. The molecule has 0 aliphatic rings. The summed E-state index contributed by atoms with van der Waals surface area (Å²) in [5.74, 6) is -0.650. The number of oxime groups is 1. The number of thiophene rings is 2. The zero-order valence-electron chi connectivity index (χ0n) is 30.2. The second-order valence-corrected chi connectivity index (χ2v) is 14.1. The van der Waals surface area contributed by atoms with E-state index in [1.54, 1.807) is 65.9 Å². The van der Waals surface area contributed by atoms with Crippen LogP contribution in [0.3, 0.4) is 0 Å². The highest BCUT2D eigenvalue weighted by Crippen LogP contribution is 2.37. The topological polar surface area (TPSA) is 187 Å². The molecule has 0 fully saturated rings. The maximum Gasteiger partial charge on any atom is 0.345 e. The number of carboxylic acid groups (broad SMARTS) is 1. The van der Waals surface area contributed by atoms with Gasteiger partial charge in [0.25, 0.3) is 5.89 Å². The van der Waals surface area contributed by atoms with Crippen molar-refractivity contribution < 1.29 is 38.7 Å². The van der Waals surface area contributed by atoms with Gasteiger partial charge < -0.3 is 30.0 Å². The number of rotatable bonds is 6. The number of nitrogens with zero attached hydrogens (tertiary/aromatic N) is 3. The van der Waals surface area contributed by atoms with Crippen molar-refractivity contribution in [3.8, 4) is 22.2 Å². The molecule has 3 aromatic heterocycles. The smallest absolute Gasteiger partial charge is 0.345 e. The summed E-state index contributed by atoms with van der Waals surface area (Å²) >= 11 is 3.00. The molecule has 12 nitrogen and oxygen atoms in total. The van der Waals surface area contributed by atoms with Crippen LogP contribution >= 0.6 is 22.7 Å². The molecule has 0 radical (unpaired) electrons. The van der Waals surface area contributed by atoms with E-state index >= 15 is 0 Å². The number of esters is 2. The zero-order valence-corrected chi connectivity index (χ0v) is 31.8. The molecular formula is C41H40N4O8S2.